The van der Waals surface area contributed by atoms with Crippen molar-refractivity contribution in [2.45, 2.75) is 32.2 Å². The van der Waals surface area contributed by atoms with E-state index in [0.717, 1.165) is 32.4 Å². The minimum atomic E-state index is 0.0868. The number of carbonyl (C=O) groups is 1. The Morgan fingerprint density at radius 2 is 2.42 bits per heavy atom. The number of unbranched alkanes of at least 4 members (excludes halogenated alkanes) is 1. The Kier molecular flexibility index (Phi) is 3.53. The molecule has 1 amide bonds. The zero-order valence-electron chi connectivity index (χ0n) is 7.97. The maximum atomic E-state index is 11.5. The van der Waals surface area contributed by atoms with Gasteiger partial charge in [-0.3, -0.25) is 4.79 Å². The number of hydrogen-bond acceptors (Lipinski definition) is 2. The molecule has 12 heavy (non-hydrogen) atoms. The molecule has 0 radical (unpaired) electrons. The van der Waals surface area contributed by atoms with Crippen LogP contribution in [-0.4, -0.2) is 37.0 Å². The van der Waals surface area contributed by atoms with Crippen LogP contribution in [-0.2, 0) is 4.79 Å². The monoisotopic (exact) mass is 170 g/mol. The molecule has 0 saturated carbocycles. The maximum absolute atomic E-state index is 11.5. The van der Waals surface area contributed by atoms with Crippen molar-refractivity contribution in [2.75, 3.05) is 20.1 Å². The van der Waals surface area contributed by atoms with Gasteiger partial charge in [0.1, 0.15) is 0 Å². The Bertz CT molecular complexity index is 159. The van der Waals surface area contributed by atoms with Gasteiger partial charge >= 0.3 is 0 Å². The molecule has 70 valence electrons. The fourth-order valence-electron chi connectivity index (χ4n) is 1.50. The number of nitrogens with one attached hydrogen (secondary N) is 1. The van der Waals surface area contributed by atoms with Crippen molar-refractivity contribution < 1.29 is 4.79 Å². The van der Waals surface area contributed by atoms with Gasteiger partial charge in [-0.15, -0.1) is 0 Å². The van der Waals surface area contributed by atoms with Crippen molar-refractivity contribution in [3.63, 3.8) is 0 Å². The third-order valence-electron chi connectivity index (χ3n) is 2.36. The van der Waals surface area contributed by atoms with E-state index in [2.05, 4.69) is 12.2 Å². The number of piperazine rings is 1. The summed E-state index contributed by atoms with van der Waals surface area (Å²) < 4.78 is 0. The average molecular weight is 170 g/mol. The van der Waals surface area contributed by atoms with Gasteiger partial charge in [-0.1, -0.05) is 19.8 Å². The molecular formula is C9H18N2O. The second-order valence-corrected chi connectivity index (χ2v) is 3.41. The second kappa shape index (κ2) is 4.45. The third-order valence-corrected chi connectivity index (χ3v) is 2.36. The molecule has 3 heteroatoms. The second-order valence-electron chi connectivity index (χ2n) is 3.41. The Balaban J connectivity index is 2.36. The summed E-state index contributed by atoms with van der Waals surface area (Å²) in [6, 6.07) is 0.0868. The lowest BCUT2D eigenvalue weighted by Gasteiger charge is -2.30. The highest BCUT2D eigenvalue weighted by Crippen LogP contribution is 2.06. The van der Waals surface area contributed by atoms with Crippen LogP contribution in [0.25, 0.3) is 0 Å². The first-order valence-corrected chi connectivity index (χ1v) is 4.74. The lowest BCUT2D eigenvalue weighted by Crippen LogP contribution is -2.53. The van der Waals surface area contributed by atoms with Gasteiger partial charge in [0.05, 0.1) is 6.04 Å². The van der Waals surface area contributed by atoms with Crippen LogP contribution in [0.15, 0.2) is 0 Å². The van der Waals surface area contributed by atoms with Crippen LogP contribution in [0.3, 0.4) is 0 Å². The van der Waals surface area contributed by atoms with Gasteiger partial charge < -0.3 is 10.2 Å². The highest BCUT2D eigenvalue weighted by molar-refractivity contribution is 5.82. The van der Waals surface area contributed by atoms with Gasteiger partial charge in [0, 0.05) is 20.1 Å². The van der Waals surface area contributed by atoms with E-state index in [4.69, 9.17) is 0 Å². The summed E-state index contributed by atoms with van der Waals surface area (Å²) >= 11 is 0. The smallest absolute Gasteiger partial charge is 0.239 e. The van der Waals surface area contributed by atoms with E-state index in [1.165, 1.54) is 0 Å². The Hall–Kier alpha value is -0.570. The Labute approximate surface area is 74.1 Å². The number of hydrogen-bond donors (Lipinski definition) is 1. The van der Waals surface area contributed by atoms with Gasteiger partial charge in [0.15, 0.2) is 0 Å². The van der Waals surface area contributed by atoms with Crippen LogP contribution in [0.4, 0.5) is 0 Å². The summed E-state index contributed by atoms with van der Waals surface area (Å²) in [5.41, 5.74) is 0. The highest BCUT2D eigenvalue weighted by Gasteiger charge is 2.24. The van der Waals surface area contributed by atoms with Crippen LogP contribution in [0.5, 0.6) is 0 Å². The van der Waals surface area contributed by atoms with Crippen molar-refractivity contribution in [3.05, 3.63) is 0 Å². The predicted octanol–water partition coefficient (Wildman–Crippen LogP) is 0.607. The van der Waals surface area contributed by atoms with Crippen LogP contribution in [0.1, 0.15) is 26.2 Å². The normalized spacial score (nSPS) is 24.7. The van der Waals surface area contributed by atoms with Gasteiger partial charge in [0.25, 0.3) is 0 Å². The molecule has 1 heterocycles. The van der Waals surface area contributed by atoms with Crippen molar-refractivity contribution in [2.24, 2.45) is 0 Å². The van der Waals surface area contributed by atoms with E-state index in [-0.39, 0.29) is 11.9 Å². The summed E-state index contributed by atoms with van der Waals surface area (Å²) in [7, 11) is 1.88. The third kappa shape index (κ3) is 2.21. The molecule has 1 aliphatic heterocycles. The predicted molar refractivity (Wildman–Crippen MR) is 49.0 cm³/mol. The molecule has 0 aromatic carbocycles. The van der Waals surface area contributed by atoms with E-state index < -0.39 is 0 Å². The number of likely N-dealkylation sites (N-methyl/N-ethyl adjacent to an activating group) is 1. The molecule has 0 aromatic heterocycles. The van der Waals surface area contributed by atoms with E-state index in [0.29, 0.717) is 0 Å². The molecule has 1 saturated heterocycles. The fraction of sp³-hybridized carbons (Fsp3) is 0.889. The zero-order valence-corrected chi connectivity index (χ0v) is 7.97. The number of carbonyl (C=O) groups excluding carboxylic acids is 1. The first-order chi connectivity index (χ1) is 5.75. The average Bonchev–Trinajstić information content (AvgIpc) is 2.08. The molecule has 1 aliphatic rings. The lowest BCUT2D eigenvalue weighted by molar-refractivity contribution is -0.134. The molecule has 0 aliphatic carbocycles. The summed E-state index contributed by atoms with van der Waals surface area (Å²) in [6.45, 7) is 3.94. The largest absolute Gasteiger partial charge is 0.343 e. The maximum Gasteiger partial charge on any atom is 0.239 e. The number of amides is 1. The molecule has 0 unspecified atom stereocenters. The molecule has 1 fully saturated rings. The Morgan fingerprint density at radius 1 is 1.67 bits per heavy atom. The van der Waals surface area contributed by atoms with Gasteiger partial charge in [-0.05, 0) is 6.42 Å². The van der Waals surface area contributed by atoms with E-state index in [1.54, 1.807) is 0 Å². The lowest BCUT2D eigenvalue weighted by atomic mass is 10.1. The van der Waals surface area contributed by atoms with E-state index in [9.17, 15) is 4.79 Å². The van der Waals surface area contributed by atoms with Gasteiger partial charge in [-0.2, -0.15) is 0 Å². The number of nitrogens with zero attached hydrogens (tertiary/aromatic N) is 1. The molecule has 1 rings (SSSR count). The van der Waals surface area contributed by atoms with Crippen molar-refractivity contribution >= 4 is 5.91 Å². The topological polar surface area (TPSA) is 32.3 Å². The standard InChI is InChI=1S/C9H18N2O/c1-3-4-5-8-9(12)11(2)7-6-10-8/h8,10H,3-7H2,1-2H3/t8-/m1/s1. The van der Waals surface area contributed by atoms with E-state index in [1.807, 2.05) is 11.9 Å². The van der Waals surface area contributed by atoms with Crippen molar-refractivity contribution in [3.8, 4) is 0 Å². The van der Waals surface area contributed by atoms with Crippen LogP contribution in [0, 0.1) is 0 Å². The molecule has 1 atom stereocenters. The molecule has 3 nitrogen and oxygen atoms in total. The summed E-state index contributed by atoms with van der Waals surface area (Å²) in [5, 5.41) is 3.24. The first-order valence-electron chi connectivity index (χ1n) is 4.74. The molecule has 1 N–H and O–H groups in total. The first kappa shape index (κ1) is 9.52. The SMILES string of the molecule is CCCC[C@H]1NCCN(C)C1=O. The van der Waals surface area contributed by atoms with Crippen LogP contribution < -0.4 is 5.32 Å². The molecule has 0 spiro atoms. The van der Waals surface area contributed by atoms with Crippen LogP contribution >= 0.6 is 0 Å². The molecule has 0 aromatic rings. The summed E-state index contributed by atoms with van der Waals surface area (Å²) in [5.74, 6) is 0.259. The zero-order chi connectivity index (χ0) is 8.97. The fourth-order valence-corrected chi connectivity index (χ4v) is 1.50. The summed E-state index contributed by atoms with van der Waals surface area (Å²) in [4.78, 5) is 13.3. The van der Waals surface area contributed by atoms with E-state index >= 15 is 0 Å². The van der Waals surface area contributed by atoms with Gasteiger partial charge in [0.2, 0.25) is 5.91 Å². The summed E-state index contributed by atoms with van der Waals surface area (Å²) in [6.07, 6.45) is 3.28. The van der Waals surface area contributed by atoms with Gasteiger partial charge in [-0.25, -0.2) is 0 Å². The quantitative estimate of drug-likeness (QED) is 0.673. The van der Waals surface area contributed by atoms with Crippen molar-refractivity contribution in [1.82, 2.24) is 10.2 Å². The molecular weight excluding hydrogens is 152 g/mol. The molecule has 0 bridgehead atoms. The van der Waals surface area contributed by atoms with Crippen molar-refractivity contribution in [1.29, 1.82) is 0 Å². The Morgan fingerprint density at radius 3 is 3.08 bits per heavy atom. The number of rotatable bonds is 3. The van der Waals surface area contributed by atoms with Crippen LogP contribution in [0.2, 0.25) is 0 Å². The highest BCUT2D eigenvalue weighted by atomic mass is 16.2. The minimum absolute atomic E-state index is 0.0868. The minimum Gasteiger partial charge on any atom is -0.343 e.